The van der Waals surface area contributed by atoms with Crippen LogP contribution in [0.25, 0.3) is 0 Å². The van der Waals surface area contributed by atoms with Crippen LogP contribution in [-0.4, -0.2) is 72.0 Å². The third-order valence-corrected chi connectivity index (χ3v) is 6.38. The van der Waals surface area contributed by atoms with E-state index in [-0.39, 0.29) is 19.0 Å². The lowest BCUT2D eigenvalue weighted by molar-refractivity contribution is -0.136. The van der Waals surface area contributed by atoms with Crippen LogP contribution in [0.4, 0.5) is 11.8 Å². The number of aliphatic hydroxyl groups is 1. The summed E-state index contributed by atoms with van der Waals surface area (Å²) >= 11 is 0. The van der Waals surface area contributed by atoms with Crippen molar-refractivity contribution in [1.29, 1.82) is 0 Å². The first-order chi connectivity index (χ1) is 18.7. The highest BCUT2D eigenvalue weighted by atomic mass is 16.5. The van der Waals surface area contributed by atoms with Crippen molar-refractivity contribution in [2.45, 2.75) is 38.6 Å². The number of carboxylic acids is 1. The van der Waals surface area contributed by atoms with Crippen molar-refractivity contribution in [3.8, 4) is 11.5 Å². The summed E-state index contributed by atoms with van der Waals surface area (Å²) in [7, 11) is 5.69. The summed E-state index contributed by atoms with van der Waals surface area (Å²) in [6, 6.07) is 12.7. The molecule has 1 aromatic heterocycles. The number of carboxylic acid groups (broad SMARTS) is 1. The zero-order valence-electron chi connectivity index (χ0n) is 23.1. The number of anilines is 2. The summed E-state index contributed by atoms with van der Waals surface area (Å²) in [6.45, 7) is 3.32. The molecule has 0 amide bonds. The molecule has 0 spiro atoms. The Bertz CT molecular complexity index is 1250. The standard InChI is InChI=1S/C29H39N5O5/c1-19-24(16-21-10-11-22(18-26(21)38-4)39-15-7-13-34(2)3)28(33-29(30)31-19)32-25(12-14-35)23-9-6-5-8-20(23)17-27(36)37/h5-6,8-11,18,25,35H,7,12-17H2,1-4H3,(H,36,37)(H3,30,31,32,33). The minimum Gasteiger partial charge on any atom is -0.496 e. The SMILES string of the molecule is COc1cc(OCCCN(C)C)ccc1Cc1c(C)nc(N)nc1NC(CCO)c1ccccc1CC(=O)O. The molecule has 1 unspecified atom stereocenters. The molecule has 0 aliphatic rings. The van der Waals surface area contributed by atoms with E-state index in [1.807, 2.05) is 51.4 Å². The van der Waals surface area contributed by atoms with Crippen molar-refractivity contribution < 1.29 is 24.5 Å². The van der Waals surface area contributed by atoms with E-state index in [0.29, 0.717) is 42.3 Å². The van der Waals surface area contributed by atoms with Crippen LogP contribution in [0.1, 0.15) is 46.8 Å². The minimum absolute atomic E-state index is 0.0994. The first-order valence-corrected chi connectivity index (χ1v) is 13.0. The monoisotopic (exact) mass is 537 g/mol. The molecule has 0 aliphatic heterocycles. The maximum absolute atomic E-state index is 11.5. The van der Waals surface area contributed by atoms with E-state index in [9.17, 15) is 15.0 Å². The van der Waals surface area contributed by atoms with Gasteiger partial charge in [-0.15, -0.1) is 0 Å². The Morgan fingerprint density at radius 1 is 1.15 bits per heavy atom. The van der Waals surface area contributed by atoms with E-state index in [4.69, 9.17) is 15.2 Å². The molecule has 0 bridgehead atoms. The van der Waals surface area contributed by atoms with Crippen molar-refractivity contribution in [2.75, 3.05) is 52.0 Å². The van der Waals surface area contributed by atoms with Gasteiger partial charge in [-0.2, -0.15) is 4.98 Å². The lowest BCUT2D eigenvalue weighted by Crippen LogP contribution is -2.19. The number of carbonyl (C=O) groups is 1. The maximum atomic E-state index is 11.5. The molecule has 10 heteroatoms. The average molecular weight is 538 g/mol. The summed E-state index contributed by atoms with van der Waals surface area (Å²) in [5.41, 5.74) is 9.92. The van der Waals surface area contributed by atoms with Crippen LogP contribution in [-0.2, 0) is 17.6 Å². The molecule has 0 radical (unpaired) electrons. The molecule has 3 rings (SSSR count). The zero-order valence-corrected chi connectivity index (χ0v) is 23.1. The van der Waals surface area contributed by atoms with Crippen LogP contribution in [0.5, 0.6) is 11.5 Å². The highest BCUT2D eigenvalue weighted by molar-refractivity contribution is 5.71. The van der Waals surface area contributed by atoms with Gasteiger partial charge in [-0.05, 0) is 56.6 Å². The molecule has 5 N–H and O–H groups in total. The summed E-state index contributed by atoms with van der Waals surface area (Å²) < 4.78 is 11.6. The Morgan fingerprint density at radius 2 is 1.92 bits per heavy atom. The summed E-state index contributed by atoms with van der Waals surface area (Å²) in [4.78, 5) is 22.5. The van der Waals surface area contributed by atoms with Gasteiger partial charge in [0.2, 0.25) is 5.95 Å². The third-order valence-electron chi connectivity index (χ3n) is 6.38. The molecule has 3 aromatic rings. The molecule has 1 atom stereocenters. The first-order valence-electron chi connectivity index (χ1n) is 13.0. The van der Waals surface area contributed by atoms with Crippen LogP contribution < -0.4 is 20.5 Å². The summed E-state index contributed by atoms with van der Waals surface area (Å²) in [6.07, 6.45) is 1.60. The van der Waals surface area contributed by atoms with E-state index in [1.165, 1.54) is 0 Å². The van der Waals surface area contributed by atoms with Gasteiger partial charge in [-0.3, -0.25) is 4.79 Å². The van der Waals surface area contributed by atoms with Crippen LogP contribution in [0.3, 0.4) is 0 Å². The molecule has 0 saturated heterocycles. The predicted molar refractivity (Wildman–Crippen MR) is 151 cm³/mol. The van der Waals surface area contributed by atoms with Gasteiger partial charge < -0.3 is 35.6 Å². The summed E-state index contributed by atoms with van der Waals surface area (Å²) in [5.74, 6) is 1.13. The number of nitrogens with one attached hydrogen (secondary N) is 1. The number of nitrogens with zero attached hydrogens (tertiary/aromatic N) is 3. The Morgan fingerprint density at radius 3 is 2.62 bits per heavy atom. The number of rotatable bonds is 15. The van der Waals surface area contributed by atoms with Gasteiger partial charge in [0.05, 0.1) is 26.2 Å². The molecule has 39 heavy (non-hydrogen) atoms. The topological polar surface area (TPSA) is 143 Å². The number of aliphatic carboxylic acids is 1. The van der Waals surface area contributed by atoms with E-state index >= 15 is 0 Å². The quantitative estimate of drug-likeness (QED) is 0.213. The highest BCUT2D eigenvalue weighted by Crippen LogP contribution is 2.32. The molecular weight excluding hydrogens is 498 g/mol. The number of nitrogen functional groups attached to an aromatic ring is 1. The average Bonchev–Trinajstić information content (AvgIpc) is 2.88. The number of aromatic nitrogens is 2. The van der Waals surface area contributed by atoms with Gasteiger partial charge in [-0.1, -0.05) is 30.3 Å². The van der Waals surface area contributed by atoms with Gasteiger partial charge in [0.25, 0.3) is 0 Å². The first kappa shape index (κ1) is 29.7. The normalized spacial score (nSPS) is 11.8. The Kier molecular flexibility index (Phi) is 10.9. The highest BCUT2D eigenvalue weighted by Gasteiger charge is 2.21. The lowest BCUT2D eigenvalue weighted by atomic mass is 9.95. The number of benzene rings is 2. The third kappa shape index (κ3) is 8.56. The van der Waals surface area contributed by atoms with Gasteiger partial charge in [-0.25, -0.2) is 4.98 Å². The van der Waals surface area contributed by atoms with Gasteiger partial charge in [0.15, 0.2) is 0 Å². The fraction of sp³-hybridized carbons (Fsp3) is 0.414. The zero-order chi connectivity index (χ0) is 28.4. The Labute approximate surface area is 229 Å². The molecule has 0 aliphatic carbocycles. The van der Waals surface area contributed by atoms with Crippen LogP contribution in [0.2, 0.25) is 0 Å². The fourth-order valence-corrected chi connectivity index (χ4v) is 4.47. The van der Waals surface area contributed by atoms with Crippen molar-refractivity contribution in [2.24, 2.45) is 0 Å². The Hall–Kier alpha value is -3.89. The van der Waals surface area contributed by atoms with Gasteiger partial charge in [0.1, 0.15) is 17.3 Å². The maximum Gasteiger partial charge on any atom is 0.307 e. The second kappa shape index (κ2) is 14.3. The largest absolute Gasteiger partial charge is 0.496 e. The van der Waals surface area contributed by atoms with Crippen LogP contribution in [0.15, 0.2) is 42.5 Å². The lowest BCUT2D eigenvalue weighted by Gasteiger charge is -2.24. The Balaban J connectivity index is 1.90. The summed E-state index contributed by atoms with van der Waals surface area (Å²) in [5, 5.41) is 22.6. The number of nitrogens with two attached hydrogens (primary N) is 1. The van der Waals surface area contributed by atoms with E-state index in [1.54, 1.807) is 19.2 Å². The smallest absolute Gasteiger partial charge is 0.307 e. The van der Waals surface area contributed by atoms with Crippen molar-refractivity contribution >= 4 is 17.7 Å². The number of hydrogen-bond donors (Lipinski definition) is 4. The second-order valence-corrected chi connectivity index (χ2v) is 9.63. The molecular formula is C29H39N5O5. The second-order valence-electron chi connectivity index (χ2n) is 9.63. The van der Waals surface area contributed by atoms with Crippen molar-refractivity contribution in [3.63, 3.8) is 0 Å². The van der Waals surface area contributed by atoms with Gasteiger partial charge >= 0.3 is 5.97 Å². The van der Waals surface area contributed by atoms with E-state index < -0.39 is 12.0 Å². The number of aryl methyl sites for hydroxylation is 1. The minimum atomic E-state index is -0.926. The molecule has 1 heterocycles. The molecule has 0 saturated carbocycles. The number of methoxy groups -OCH3 is 1. The molecule has 210 valence electrons. The molecule has 0 fully saturated rings. The van der Waals surface area contributed by atoms with E-state index in [0.717, 1.165) is 35.4 Å². The van der Waals surface area contributed by atoms with E-state index in [2.05, 4.69) is 20.2 Å². The fourth-order valence-electron chi connectivity index (χ4n) is 4.47. The van der Waals surface area contributed by atoms with Crippen molar-refractivity contribution in [3.05, 3.63) is 70.4 Å². The number of aliphatic hydroxyl groups excluding tert-OH is 1. The number of ether oxygens (including phenoxy) is 2. The van der Waals surface area contributed by atoms with Crippen LogP contribution in [0, 0.1) is 6.92 Å². The predicted octanol–water partition coefficient (Wildman–Crippen LogP) is 3.46. The van der Waals surface area contributed by atoms with Gasteiger partial charge in [0, 0.05) is 36.9 Å². The van der Waals surface area contributed by atoms with Crippen LogP contribution >= 0.6 is 0 Å². The van der Waals surface area contributed by atoms with Crippen molar-refractivity contribution in [1.82, 2.24) is 14.9 Å². The number of hydrogen-bond acceptors (Lipinski definition) is 9. The molecule has 10 nitrogen and oxygen atoms in total. The molecule has 2 aromatic carbocycles.